The Balaban J connectivity index is 0.000000334. The molecule has 0 spiro atoms. The molecule has 0 radical (unpaired) electrons. The van der Waals surface area contributed by atoms with E-state index in [2.05, 4.69) is 22.0 Å². The molecule has 0 aliphatic carbocycles. The van der Waals surface area contributed by atoms with E-state index in [-0.39, 0.29) is 18.3 Å². The van der Waals surface area contributed by atoms with Crippen LogP contribution in [0.2, 0.25) is 0 Å². The zero-order valence-corrected chi connectivity index (χ0v) is 22.2. The van der Waals surface area contributed by atoms with E-state index in [1.807, 2.05) is 59.2 Å². The van der Waals surface area contributed by atoms with E-state index in [1.54, 1.807) is 0 Å². The Kier molecular flexibility index (Phi) is 9.73. The van der Waals surface area contributed by atoms with Crippen molar-refractivity contribution in [1.82, 2.24) is 14.5 Å². The van der Waals surface area contributed by atoms with Crippen molar-refractivity contribution in [3.63, 3.8) is 0 Å². The molecular weight excluding hydrogens is 534 g/mol. The van der Waals surface area contributed by atoms with Crippen molar-refractivity contribution < 1.29 is 39.9 Å². The van der Waals surface area contributed by atoms with Gasteiger partial charge in [-0.05, 0) is 47.9 Å². The summed E-state index contributed by atoms with van der Waals surface area (Å²) < 4.78 is 7.73. The molecule has 0 saturated carbocycles. The van der Waals surface area contributed by atoms with Crippen molar-refractivity contribution in [2.24, 2.45) is 0 Å². The van der Waals surface area contributed by atoms with Crippen LogP contribution in [0.3, 0.4) is 0 Å². The van der Waals surface area contributed by atoms with Gasteiger partial charge in [-0.2, -0.15) is 0 Å². The van der Waals surface area contributed by atoms with Crippen molar-refractivity contribution in [3.05, 3.63) is 77.2 Å². The third-order valence-electron chi connectivity index (χ3n) is 6.98. The topological polar surface area (TPSA) is 186 Å². The van der Waals surface area contributed by atoms with Crippen LogP contribution in [0.4, 0.5) is 0 Å². The lowest BCUT2D eigenvalue weighted by molar-refractivity contribution is -0.165. The van der Waals surface area contributed by atoms with Gasteiger partial charge in [0, 0.05) is 25.7 Å². The number of β-amino-alcohol motifs (C(OH)–C–C–N with tert-alkyl or cyclic N) is 1. The molecule has 1 aromatic heterocycles. The average molecular weight is 568 g/mol. The summed E-state index contributed by atoms with van der Waals surface area (Å²) >= 11 is 0. The molecule has 5 rings (SSSR count). The quantitative estimate of drug-likeness (QED) is 0.173. The smallest absolute Gasteiger partial charge is 0.335 e. The number of hydrogen-bond acceptors (Lipinski definition) is 8. The highest BCUT2D eigenvalue weighted by Gasteiger charge is 2.29. The molecular formula is C29H33N3O9. The monoisotopic (exact) mass is 567 g/mol. The highest BCUT2D eigenvalue weighted by Crippen LogP contribution is 2.25. The van der Waals surface area contributed by atoms with E-state index in [9.17, 15) is 19.5 Å². The predicted molar refractivity (Wildman–Crippen MR) is 150 cm³/mol. The summed E-state index contributed by atoms with van der Waals surface area (Å²) in [5.74, 6) is -2.76. The summed E-state index contributed by atoms with van der Waals surface area (Å²) in [5.41, 5.74) is 1.81. The number of para-hydroxylation sites is 2. The molecule has 41 heavy (non-hydrogen) atoms. The molecule has 0 amide bonds. The average Bonchev–Trinajstić information content (AvgIpc) is 3.31. The highest BCUT2D eigenvalue weighted by molar-refractivity contribution is 5.84. The van der Waals surface area contributed by atoms with Crippen LogP contribution in [0.25, 0.3) is 21.8 Å². The molecule has 218 valence electrons. The second-order valence-electron chi connectivity index (χ2n) is 9.89. The van der Waals surface area contributed by atoms with Crippen LogP contribution in [0.5, 0.6) is 5.75 Å². The van der Waals surface area contributed by atoms with Crippen LogP contribution in [0, 0.1) is 0 Å². The predicted octanol–water partition coefficient (Wildman–Crippen LogP) is 1.44. The Morgan fingerprint density at radius 2 is 1.49 bits per heavy atom. The number of piperidine rings is 1. The van der Waals surface area contributed by atoms with Gasteiger partial charge in [-0.3, -0.25) is 4.57 Å². The maximum atomic E-state index is 12.4. The second-order valence-corrected chi connectivity index (χ2v) is 9.89. The molecule has 1 fully saturated rings. The van der Waals surface area contributed by atoms with Crippen LogP contribution < -0.4 is 10.4 Å². The SMILES string of the molecule is O=C(O)[C@H](O)[C@@H](O)C(=O)O.O=c1[nH]c2ccccc2n1C1CCN(CC(O)COc2ccc3ccccc3c2)CC1. The molecule has 2 heterocycles. The number of likely N-dealkylation sites (tertiary alicyclic amines) is 1. The Morgan fingerprint density at radius 1 is 0.878 bits per heavy atom. The number of aromatic amines is 1. The Labute approximate surface area is 234 Å². The molecule has 1 aliphatic heterocycles. The lowest BCUT2D eigenvalue weighted by Gasteiger charge is -2.33. The first-order valence-corrected chi connectivity index (χ1v) is 13.2. The van der Waals surface area contributed by atoms with Gasteiger partial charge in [-0.1, -0.05) is 42.5 Å². The number of hydrogen-bond donors (Lipinski definition) is 6. The fraction of sp³-hybridized carbons (Fsp3) is 0.345. The van der Waals surface area contributed by atoms with E-state index in [0.29, 0.717) is 6.54 Å². The van der Waals surface area contributed by atoms with E-state index in [1.165, 1.54) is 5.39 Å². The van der Waals surface area contributed by atoms with Crippen molar-refractivity contribution in [2.45, 2.75) is 37.2 Å². The third kappa shape index (κ3) is 7.50. The van der Waals surface area contributed by atoms with Gasteiger partial charge < -0.3 is 40.2 Å². The number of carboxylic acids is 2. The largest absolute Gasteiger partial charge is 0.491 e. The number of imidazole rings is 1. The molecule has 3 atom stereocenters. The van der Waals surface area contributed by atoms with Gasteiger partial charge >= 0.3 is 17.6 Å². The number of benzene rings is 3. The third-order valence-corrected chi connectivity index (χ3v) is 6.98. The molecule has 12 nitrogen and oxygen atoms in total. The Morgan fingerprint density at radius 3 is 2.15 bits per heavy atom. The Bertz CT molecular complexity index is 1520. The number of nitrogens with zero attached hydrogens (tertiary/aromatic N) is 2. The zero-order valence-electron chi connectivity index (χ0n) is 22.2. The lowest BCUT2D eigenvalue weighted by Crippen LogP contribution is -2.42. The lowest BCUT2D eigenvalue weighted by atomic mass is 10.0. The molecule has 1 saturated heterocycles. The van der Waals surface area contributed by atoms with Gasteiger partial charge in [0.05, 0.1) is 11.0 Å². The van der Waals surface area contributed by atoms with Gasteiger partial charge in [0.25, 0.3) is 0 Å². The molecule has 0 bridgehead atoms. The number of nitrogens with one attached hydrogen (secondary N) is 1. The number of H-pyrrole nitrogens is 1. The number of carboxylic acid groups (broad SMARTS) is 2. The van der Waals surface area contributed by atoms with Gasteiger partial charge in [0.1, 0.15) is 18.5 Å². The summed E-state index contributed by atoms with van der Waals surface area (Å²) in [7, 11) is 0. The summed E-state index contributed by atoms with van der Waals surface area (Å²) in [4.78, 5) is 37.2. The highest BCUT2D eigenvalue weighted by atomic mass is 16.5. The minimum Gasteiger partial charge on any atom is -0.491 e. The maximum absolute atomic E-state index is 12.4. The van der Waals surface area contributed by atoms with Gasteiger partial charge in [-0.15, -0.1) is 0 Å². The number of aliphatic hydroxyl groups is 3. The molecule has 1 aliphatic rings. The minimum atomic E-state index is -2.27. The van der Waals surface area contributed by atoms with Crippen LogP contribution in [0.15, 0.2) is 71.5 Å². The standard InChI is InChI=1S/C25H27N3O3.C4H6O6/c29-21(17-31-22-10-9-18-5-1-2-6-19(18)15-22)16-27-13-11-20(12-14-27)28-24-8-4-3-7-23(24)26-25(28)30;5-1(3(7)8)2(6)4(9)10/h1-10,15,20-21,29H,11-14,16-17H2,(H,26,30);1-2,5-6H,(H,7,8)(H,9,10)/t;1-,2-/m.1/s1. The summed E-state index contributed by atoms with van der Waals surface area (Å²) in [5, 5.41) is 45.3. The summed E-state index contributed by atoms with van der Waals surface area (Å²) in [6, 6.07) is 22.2. The normalized spacial score (nSPS) is 16.5. The first-order chi connectivity index (χ1) is 19.6. The van der Waals surface area contributed by atoms with Crippen LogP contribution in [-0.2, 0) is 9.59 Å². The van der Waals surface area contributed by atoms with E-state index < -0.39 is 30.3 Å². The first-order valence-electron chi connectivity index (χ1n) is 13.2. The van der Waals surface area contributed by atoms with Gasteiger partial charge in [0.2, 0.25) is 0 Å². The van der Waals surface area contributed by atoms with Crippen LogP contribution in [0.1, 0.15) is 18.9 Å². The van der Waals surface area contributed by atoms with E-state index in [0.717, 1.165) is 48.1 Å². The van der Waals surface area contributed by atoms with Crippen LogP contribution >= 0.6 is 0 Å². The summed E-state index contributed by atoms with van der Waals surface area (Å²) in [6.07, 6.45) is -3.31. The molecule has 4 aromatic rings. The summed E-state index contributed by atoms with van der Waals surface area (Å²) in [6.45, 7) is 2.54. The number of aliphatic hydroxyl groups excluding tert-OH is 3. The number of aliphatic carboxylic acids is 2. The second kappa shape index (κ2) is 13.4. The number of carbonyl (C=O) groups is 2. The van der Waals surface area contributed by atoms with E-state index in [4.69, 9.17) is 25.2 Å². The van der Waals surface area contributed by atoms with Crippen molar-refractivity contribution in [3.8, 4) is 5.75 Å². The fourth-order valence-electron chi connectivity index (χ4n) is 4.87. The molecule has 1 unspecified atom stereocenters. The zero-order chi connectivity index (χ0) is 29.5. The number of aromatic nitrogens is 2. The van der Waals surface area contributed by atoms with Crippen molar-refractivity contribution in [1.29, 1.82) is 0 Å². The number of ether oxygens (including phenoxy) is 1. The van der Waals surface area contributed by atoms with Gasteiger partial charge in [0.15, 0.2) is 12.2 Å². The van der Waals surface area contributed by atoms with Crippen LogP contribution in [-0.4, -0.2) is 96.5 Å². The first kappa shape index (κ1) is 29.7. The molecule has 12 heteroatoms. The minimum absolute atomic E-state index is 0.0385. The van der Waals surface area contributed by atoms with Crippen molar-refractivity contribution >= 4 is 33.7 Å². The Hall–Kier alpha value is -4.23. The molecule has 3 aromatic carbocycles. The van der Waals surface area contributed by atoms with Gasteiger partial charge in [-0.25, -0.2) is 14.4 Å². The number of rotatable bonds is 9. The number of fused-ring (bicyclic) bond motifs is 2. The van der Waals surface area contributed by atoms with Crippen molar-refractivity contribution in [2.75, 3.05) is 26.2 Å². The van der Waals surface area contributed by atoms with E-state index >= 15 is 0 Å². The maximum Gasteiger partial charge on any atom is 0.335 e. The fourth-order valence-corrected chi connectivity index (χ4v) is 4.87. The molecule has 6 N–H and O–H groups in total.